The number of carbonyl (C=O) groups excluding carboxylic acids is 1. The van der Waals surface area contributed by atoms with Crippen LogP contribution in [-0.2, 0) is 19.0 Å². The van der Waals surface area contributed by atoms with Crippen LogP contribution in [0.3, 0.4) is 0 Å². The van der Waals surface area contributed by atoms with Crippen molar-refractivity contribution in [3.8, 4) is 0 Å². The van der Waals surface area contributed by atoms with Crippen molar-refractivity contribution >= 4 is 35.5 Å². The molecule has 2 N–H and O–H groups in total. The summed E-state index contributed by atoms with van der Waals surface area (Å²) in [5, 5.41) is 18.8. The van der Waals surface area contributed by atoms with Crippen LogP contribution < -0.4 is 0 Å². The van der Waals surface area contributed by atoms with Crippen LogP contribution in [0, 0.1) is 0 Å². The van der Waals surface area contributed by atoms with Gasteiger partial charge in [-0.2, -0.15) is 0 Å². The van der Waals surface area contributed by atoms with Crippen molar-refractivity contribution in [1.82, 2.24) is 0 Å². The standard InChI is InChI=1S/C14H14O6.Na/c15-11-10(20-13(17)12(11)16)6-9-7-18-14(19-9)8-4-2-1-3-5-8;/h1-5,9-10,14-16H,6-7H2;/t9?,10-,14?;/m1./s1. The molecule has 2 aliphatic rings. The summed E-state index contributed by atoms with van der Waals surface area (Å²) in [6.45, 7) is 0.335. The molecule has 1 fully saturated rings. The van der Waals surface area contributed by atoms with E-state index in [0.29, 0.717) is 6.61 Å². The van der Waals surface area contributed by atoms with Gasteiger partial charge >= 0.3 is 5.97 Å². The van der Waals surface area contributed by atoms with Gasteiger partial charge in [-0.05, 0) is 0 Å². The first kappa shape index (κ1) is 16.3. The molecule has 21 heavy (non-hydrogen) atoms. The number of rotatable bonds is 3. The van der Waals surface area contributed by atoms with Gasteiger partial charge in [-0.15, -0.1) is 0 Å². The third-order valence-corrected chi connectivity index (χ3v) is 3.29. The molecule has 0 aliphatic carbocycles. The first-order valence-electron chi connectivity index (χ1n) is 6.30. The molecule has 0 saturated carbocycles. The predicted molar refractivity (Wildman–Crippen MR) is 72.5 cm³/mol. The molecule has 2 heterocycles. The van der Waals surface area contributed by atoms with Gasteiger partial charge < -0.3 is 24.4 Å². The van der Waals surface area contributed by atoms with Crippen LogP contribution in [0.1, 0.15) is 18.3 Å². The molecule has 3 rings (SSSR count). The zero-order chi connectivity index (χ0) is 14.1. The van der Waals surface area contributed by atoms with Crippen LogP contribution in [-0.4, -0.2) is 64.6 Å². The Hall–Kier alpha value is -1.05. The molecule has 0 aromatic heterocycles. The van der Waals surface area contributed by atoms with E-state index >= 15 is 0 Å². The summed E-state index contributed by atoms with van der Waals surface area (Å²) in [6, 6.07) is 9.47. The van der Waals surface area contributed by atoms with Gasteiger partial charge in [-0.1, -0.05) is 30.3 Å². The summed E-state index contributed by atoms with van der Waals surface area (Å²) < 4.78 is 16.1. The monoisotopic (exact) mass is 301 g/mol. The third kappa shape index (κ3) is 3.41. The van der Waals surface area contributed by atoms with Crippen molar-refractivity contribution < 1.29 is 29.2 Å². The molecule has 2 aliphatic heterocycles. The first-order valence-corrected chi connectivity index (χ1v) is 6.30. The predicted octanol–water partition coefficient (Wildman–Crippen LogP) is 1.36. The van der Waals surface area contributed by atoms with E-state index in [-0.39, 0.29) is 42.1 Å². The third-order valence-electron chi connectivity index (χ3n) is 3.29. The Bertz CT molecular complexity index is 544. The molecule has 1 saturated heterocycles. The molecule has 0 spiro atoms. The van der Waals surface area contributed by atoms with Crippen molar-refractivity contribution in [2.45, 2.75) is 24.9 Å². The Balaban J connectivity index is 0.00000161. The van der Waals surface area contributed by atoms with Gasteiger partial charge in [0.1, 0.15) is 0 Å². The van der Waals surface area contributed by atoms with E-state index in [2.05, 4.69) is 0 Å². The summed E-state index contributed by atoms with van der Waals surface area (Å²) in [5.41, 5.74) is 0.904. The first-order chi connectivity index (χ1) is 9.65. The fourth-order valence-corrected chi connectivity index (χ4v) is 2.25. The van der Waals surface area contributed by atoms with E-state index in [9.17, 15) is 15.0 Å². The van der Waals surface area contributed by atoms with Crippen molar-refractivity contribution in [3.63, 3.8) is 0 Å². The Morgan fingerprint density at radius 1 is 1.19 bits per heavy atom. The number of cyclic esters (lactones) is 1. The molecular weight excluding hydrogens is 287 g/mol. The van der Waals surface area contributed by atoms with E-state index in [0.717, 1.165) is 5.56 Å². The van der Waals surface area contributed by atoms with Gasteiger partial charge in [0.05, 0.1) is 12.7 Å². The van der Waals surface area contributed by atoms with Gasteiger partial charge in [0.25, 0.3) is 0 Å². The Morgan fingerprint density at radius 3 is 2.52 bits per heavy atom. The second kappa shape index (κ2) is 6.81. The van der Waals surface area contributed by atoms with Gasteiger partial charge in [-0.25, -0.2) is 4.79 Å². The maximum absolute atomic E-state index is 11.1. The zero-order valence-corrected chi connectivity index (χ0v) is 13.6. The van der Waals surface area contributed by atoms with Crippen LogP contribution >= 0.6 is 0 Å². The number of benzene rings is 1. The second-order valence-electron chi connectivity index (χ2n) is 4.70. The number of ether oxygens (including phenoxy) is 3. The smallest absolute Gasteiger partial charge is 0.377 e. The molecule has 0 bridgehead atoms. The molecule has 6 nitrogen and oxygen atoms in total. The van der Waals surface area contributed by atoms with E-state index in [1.54, 1.807) is 0 Å². The molecule has 1 radical (unpaired) electrons. The molecule has 1 aromatic carbocycles. The normalized spacial score (nSPS) is 28.4. The number of esters is 1. The number of hydrogen-bond donors (Lipinski definition) is 2. The Morgan fingerprint density at radius 2 is 1.90 bits per heavy atom. The summed E-state index contributed by atoms with van der Waals surface area (Å²) in [5.74, 6) is -2.08. The van der Waals surface area contributed by atoms with Gasteiger partial charge in [0.15, 0.2) is 18.2 Å². The van der Waals surface area contributed by atoms with Crippen LogP contribution in [0.15, 0.2) is 41.9 Å². The minimum absolute atomic E-state index is 0. The fourth-order valence-electron chi connectivity index (χ4n) is 2.25. The largest absolute Gasteiger partial charge is 0.505 e. The molecule has 0 amide bonds. The minimum atomic E-state index is -0.911. The SMILES string of the molecule is O=C1O[C@H](CC2COC(c3ccccc3)O2)C(O)=C1O.[Na]. The maximum Gasteiger partial charge on any atom is 0.377 e. The Kier molecular flexibility index (Phi) is 5.29. The van der Waals surface area contributed by atoms with Crippen molar-refractivity contribution in [3.05, 3.63) is 47.4 Å². The molecular formula is C14H14NaO6. The molecule has 2 unspecified atom stereocenters. The molecule has 107 valence electrons. The summed E-state index contributed by atoms with van der Waals surface area (Å²) in [4.78, 5) is 11.1. The zero-order valence-electron chi connectivity index (χ0n) is 11.6. The molecule has 3 atom stereocenters. The number of hydrogen-bond acceptors (Lipinski definition) is 6. The van der Waals surface area contributed by atoms with Gasteiger partial charge in [0.2, 0.25) is 5.76 Å². The van der Waals surface area contributed by atoms with Gasteiger partial charge in [0, 0.05) is 41.5 Å². The van der Waals surface area contributed by atoms with Crippen molar-refractivity contribution in [2.75, 3.05) is 6.61 Å². The van der Waals surface area contributed by atoms with Crippen molar-refractivity contribution in [2.24, 2.45) is 0 Å². The summed E-state index contributed by atoms with van der Waals surface area (Å²) in [6.07, 6.45) is -1.40. The minimum Gasteiger partial charge on any atom is -0.505 e. The summed E-state index contributed by atoms with van der Waals surface area (Å²) in [7, 11) is 0. The molecule has 1 aromatic rings. The maximum atomic E-state index is 11.1. The van der Waals surface area contributed by atoms with E-state index in [1.807, 2.05) is 30.3 Å². The van der Waals surface area contributed by atoms with Crippen LogP contribution in [0.25, 0.3) is 0 Å². The summed E-state index contributed by atoms with van der Waals surface area (Å²) >= 11 is 0. The number of aliphatic hydroxyl groups is 2. The average molecular weight is 301 g/mol. The number of carbonyl (C=O) groups is 1. The van der Waals surface area contributed by atoms with Crippen LogP contribution in [0.5, 0.6) is 0 Å². The fraction of sp³-hybridized carbons (Fsp3) is 0.357. The van der Waals surface area contributed by atoms with E-state index < -0.39 is 29.9 Å². The number of aliphatic hydroxyl groups excluding tert-OH is 2. The topological polar surface area (TPSA) is 85.2 Å². The Labute approximate surface area is 143 Å². The average Bonchev–Trinajstić information content (AvgIpc) is 3.02. The van der Waals surface area contributed by atoms with Crippen LogP contribution in [0.4, 0.5) is 0 Å². The van der Waals surface area contributed by atoms with Gasteiger partial charge in [-0.3, -0.25) is 0 Å². The molecule has 7 heteroatoms. The van der Waals surface area contributed by atoms with Crippen LogP contribution in [0.2, 0.25) is 0 Å². The quantitative estimate of drug-likeness (QED) is 0.648. The second-order valence-corrected chi connectivity index (χ2v) is 4.70. The van der Waals surface area contributed by atoms with Crippen molar-refractivity contribution in [1.29, 1.82) is 0 Å². The van der Waals surface area contributed by atoms with E-state index in [4.69, 9.17) is 14.2 Å². The van der Waals surface area contributed by atoms with E-state index in [1.165, 1.54) is 0 Å².